The zero-order valence-corrected chi connectivity index (χ0v) is 20.5. The van der Waals surface area contributed by atoms with Gasteiger partial charge in [0.2, 0.25) is 5.91 Å². The monoisotopic (exact) mass is 533 g/mol. The maximum atomic E-state index is 13.6. The highest BCUT2D eigenvalue weighted by atomic mass is 35.5. The van der Waals surface area contributed by atoms with Crippen LogP contribution in [-0.2, 0) is 16.1 Å². The fourth-order valence-corrected chi connectivity index (χ4v) is 4.64. The molecule has 0 bridgehead atoms. The highest BCUT2D eigenvalue weighted by Gasteiger charge is 2.23. The Hall–Kier alpha value is -3.63. The Kier molecular flexibility index (Phi) is 7.76. The second-order valence-corrected chi connectivity index (χ2v) is 8.86. The topological polar surface area (TPSA) is 112 Å². The third-order valence-electron chi connectivity index (χ3n) is 6.01. The van der Waals surface area contributed by atoms with Gasteiger partial charge in [-0.2, -0.15) is 0 Å². The summed E-state index contributed by atoms with van der Waals surface area (Å²) in [5.74, 6) is -0.421. The third kappa shape index (κ3) is 5.14. The highest BCUT2D eigenvalue weighted by molar-refractivity contribution is 6.43. The largest absolute Gasteiger partial charge is 0.483 e. The molecule has 0 spiro atoms. The van der Waals surface area contributed by atoms with E-state index in [2.05, 4.69) is 14.9 Å². The van der Waals surface area contributed by atoms with Crippen molar-refractivity contribution in [2.45, 2.75) is 13.0 Å². The van der Waals surface area contributed by atoms with Crippen LogP contribution in [0, 0.1) is 5.82 Å². The van der Waals surface area contributed by atoms with E-state index in [1.807, 2.05) is 12.1 Å². The second kappa shape index (κ2) is 11.0. The molecule has 1 aliphatic rings. The standard InChI is InChI=1S/C23H20Cl2FN5O2.CH2O2/c24-16-2-1-3-18(20(16)25)29-8-10-30(11-9-29)19(32)6-7-31-13-27-21-15-12-14(26)4-5-17(15)28-22(21)23(31)33;2-1-3/h1-5,12-13,28H,6-11H2;1H,(H,2,3). The van der Waals surface area contributed by atoms with Gasteiger partial charge in [-0.05, 0) is 30.3 Å². The minimum atomic E-state index is -0.391. The van der Waals surface area contributed by atoms with E-state index in [1.165, 1.54) is 23.0 Å². The lowest BCUT2D eigenvalue weighted by Gasteiger charge is -2.36. The number of aromatic nitrogens is 3. The number of carbonyl (C=O) groups excluding carboxylic acids is 1. The highest BCUT2D eigenvalue weighted by Crippen LogP contribution is 2.33. The molecule has 1 saturated heterocycles. The van der Waals surface area contributed by atoms with Gasteiger partial charge in [-0.15, -0.1) is 0 Å². The number of carbonyl (C=O) groups is 2. The fourth-order valence-electron chi connectivity index (χ4n) is 4.23. The van der Waals surface area contributed by atoms with E-state index in [1.54, 1.807) is 17.0 Å². The zero-order valence-electron chi connectivity index (χ0n) is 19.0. The molecule has 0 aliphatic carbocycles. The lowest BCUT2D eigenvalue weighted by Crippen LogP contribution is -2.49. The van der Waals surface area contributed by atoms with Crippen molar-refractivity contribution in [2.75, 3.05) is 31.1 Å². The van der Waals surface area contributed by atoms with E-state index in [4.69, 9.17) is 33.1 Å². The molecular weight excluding hydrogens is 512 g/mol. The van der Waals surface area contributed by atoms with Crippen molar-refractivity contribution in [2.24, 2.45) is 0 Å². The summed E-state index contributed by atoms with van der Waals surface area (Å²) in [6.07, 6.45) is 1.59. The van der Waals surface area contributed by atoms with Crippen LogP contribution in [0.25, 0.3) is 21.9 Å². The van der Waals surface area contributed by atoms with Gasteiger partial charge in [0.05, 0.1) is 22.1 Å². The van der Waals surface area contributed by atoms with Crippen molar-refractivity contribution in [3.8, 4) is 0 Å². The molecule has 0 atom stereocenters. The first-order chi connectivity index (χ1) is 17.3. The number of hydrogen-bond donors (Lipinski definition) is 2. The van der Waals surface area contributed by atoms with Gasteiger partial charge in [-0.25, -0.2) is 9.37 Å². The van der Waals surface area contributed by atoms with Crippen LogP contribution >= 0.6 is 23.2 Å². The second-order valence-electron chi connectivity index (χ2n) is 8.08. The zero-order chi connectivity index (χ0) is 25.8. The van der Waals surface area contributed by atoms with Gasteiger partial charge in [-0.1, -0.05) is 29.3 Å². The molecule has 9 nitrogen and oxygen atoms in total. The van der Waals surface area contributed by atoms with Crippen LogP contribution in [0.3, 0.4) is 0 Å². The summed E-state index contributed by atoms with van der Waals surface area (Å²) in [6.45, 7) is 2.36. The van der Waals surface area contributed by atoms with Crippen LogP contribution < -0.4 is 10.5 Å². The average Bonchev–Trinajstić information content (AvgIpc) is 3.24. The van der Waals surface area contributed by atoms with E-state index >= 15 is 0 Å². The number of hydrogen-bond acceptors (Lipinski definition) is 5. The summed E-state index contributed by atoms with van der Waals surface area (Å²) in [7, 11) is 0. The normalized spacial score (nSPS) is 13.5. The summed E-state index contributed by atoms with van der Waals surface area (Å²) in [6, 6.07) is 9.78. The van der Waals surface area contributed by atoms with Crippen molar-refractivity contribution in [1.29, 1.82) is 0 Å². The molecule has 2 aromatic carbocycles. The number of fused-ring (bicyclic) bond motifs is 3. The average molecular weight is 534 g/mol. The van der Waals surface area contributed by atoms with Crippen molar-refractivity contribution in [1.82, 2.24) is 19.4 Å². The Morgan fingerprint density at radius 2 is 1.89 bits per heavy atom. The first-order valence-electron chi connectivity index (χ1n) is 11.0. The van der Waals surface area contributed by atoms with Gasteiger partial charge in [0.1, 0.15) is 16.9 Å². The Bertz CT molecular complexity index is 1480. The van der Waals surface area contributed by atoms with Gasteiger partial charge >= 0.3 is 0 Å². The van der Waals surface area contributed by atoms with Crippen LogP contribution in [0.4, 0.5) is 10.1 Å². The lowest BCUT2D eigenvalue weighted by atomic mass is 10.2. The van der Waals surface area contributed by atoms with Crippen molar-refractivity contribution in [3.63, 3.8) is 0 Å². The van der Waals surface area contributed by atoms with Crippen LogP contribution in [0.5, 0.6) is 0 Å². The number of halogens is 3. The molecule has 3 heterocycles. The number of aromatic amines is 1. The number of anilines is 1. The molecule has 2 aromatic heterocycles. The Morgan fingerprint density at radius 1 is 1.17 bits per heavy atom. The molecule has 4 aromatic rings. The third-order valence-corrected chi connectivity index (χ3v) is 6.81. The van der Waals surface area contributed by atoms with E-state index < -0.39 is 5.82 Å². The number of nitrogens with zero attached hydrogens (tertiary/aromatic N) is 4. The number of piperazine rings is 1. The molecule has 0 saturated carbocycles. The summed E-state index contributed by atoms with van der Waals surface area (Å²) < 4.78 is 15.0. The molecule has 2 N–H and O–H groups in total. The molecule has 1 amide bonds. The number of amides is 1. The van der Waals surface area contributed by atoms with Gasteiger partial charge in [0.15, 0.2) is 0 Å². The minimum absolute atomic E-state index is 0.0300. The Labute approximate surface area is 214 Å². The van der Waals surface area contributed by atoms with Crippen LogP contribution in [-0.4, -0.2) is 63.1 Å². The molecule has 36 heavy (non-hydrogen) atoms. The van der Waals surface area contributed by atoms with Gasteiger partial charge < -0.3 is 19.9 Å². The van der Waals surface area contributed by atoms with E-state index in [-0.39, 0.29) is 30.9 Å². The summed E-state index contributed by atoms with van der Waals surface area (Å²) in [5, 5.41) is 8.47. The van der Waals surface area contributed by atoms with E-state index in [0.29, 0.717) is 58.2 Å². The van der Waals surface area contributed by atoms with Crippen molar-refractivity contribution in [3.05, 3.63) is 68.9 Å². The first kappa shape index (κ1) is 25.5. The molecule has 5 rings (SSSR count). The molecule has 188 valence electrons. The summed E-state index contributed by atoms with van der Waals surface area (Å²) in [4.78, 5) is 45.2. The number of carboxylic acid groups (broad SMARTS) is 1. The molecule has 1 aliphatic heterocycles. The predicted molar refractivity (Wildman–Crippen MR) is 136 cm³/mol. The SMILES string of the molecule is O=C(CCn1cnc2c([nH]c3ccc(F)cc32)c1=O)N1CCN(c2cccc(Cl)c2Cl)CC1.O=CO. The lowest BCUT2D eigenvalue weighted by molar-refractivity contribution is -0.131. The first-order valence-corrected chi connectivity index (χ1v) is 11.8. The summed E-state index contributed by atoms with van der Waals surface area (Å²) in [5.41, 5.74) is 1.94. The molecule has 0 unspecified atom stereocenters. The smallest absolute Gasteiger partial charge is 0.290 e. The van der Waals surface area contributed by atoms with E-state index in [0.717, 1.165) is 5.69 Å². The Balaban J connectivity index is 0.000000967. The van der Waals surface area contributed by atoms with Crippen LogP contribution in [0.15, 0.2) is 47.5 Å². The quantitative estimate of drug-likeness (QED) is 0.386. The molecule has 0 radical (unpaired) electrons. The van der Waals surface area contributed by atoms with Crippen LogP contribution in [0.2, 0.25) is 10.0 Å². The Morgan fingerprint density at radius 3 is 2.61 bits per heavy atom. The number of benzene rings is 2. The van der Waals surface area contributed by atoms with Crippen molar-refractivity contribution < 1.29 is 19.1 Å². The number of aryl methyl sites for hydroxylation is 1. The predicted octanol–water partition coefficient (Wildman–Crippen LogP) is 3.76. The number of H-pyrrole nitrogens is 1. The maximum Gasteiger partial charge on any atom is 0.290 e. The molecule has 12 heteroatoms. The van der Waals surface area contributed by atoms with Gasteiger partial charge in [-0.3, -0.25) is 19.0 Å². The maximum absolute atomic E-state index is 13.6. The minimum Gasteiger partial charge on any atom is -0.483 e. The fraction of sp³-hybridized carbons (Fsp3) is 0.250. The van der Waals surface area contributed by atoms with Crippen molar-refractivity contribution >= 4 is 63.2 Å². The molecular formula is C24H22Cl2FN5O4. The molecule has 1 fully saturated rings. The van der Waals surface area contributed by atoms with E-state index in [9.17, 15) is 14.0 Å². The number of nitrogens with one attached hydrogen (secondary N) is 1. The number of rotatable bonds is 4. The van der Waals surface area contributed by atoms with Gasteiger partial charge in [0.25, 0.3) is 12.0 Å². The summed E-state index contributed by atoms with van der Waals surface area (Å²) >= 11 is 12.4. The van der Waals surface area contributed by atoms with Crippen LogP contribution in [0.1, 0.15) is 6.42 Å². The van der Waals surface area contributed by atoms with Gasteiger partial charge in [0, 0.05) is 50.0 Å².